The Morgan fingerprint density at radius 3 is 2.64 bits per heavy atom. The van der Waals surface area contributed by atoms with Gasteiger partial charge in [0.1, 0.15) is 17.7 Å². The van der Waals surface area contributed by atoms with E-state index in [0.717, 1.165) is 23.5 Å². The van der Waals surface area contributed by atoms with Gasteiger partial charge in [-0.25, -0.2) is 0 Å². The zero-order valence-corrected chi connectivity index (χ0v) is 22.2. The van der Waals surface area contributed by atoms with Gasteiger partial charge in [0.25, 0.3) is 0 Å². The summed E-state index contributed by atoms with van der Waals surface area (Å²) in [5.41, 5.74) is 2.46. The molecule has 39 heavy (non-hydrogen) atoms. The van der Waals surface area contributed by atoms with Gasteiger partial charge in [-0.05, 0) is 49.2 Å². The molecule has 0 aliphatic carbocycles. The first-order valence-electron chi connectivity index (χ1n) is 12.6. The van der Waals surface area contributed by atoms with Gasteiger partial charge in [0.2, 0.25) is 5.72 Å². The second-order valence-corrected chi connectivity index (χ2v) is 9.67. The fraction of sp³-hybridized carbons (Fsp3) is 0.393. The van der Waals surface area contributed by atoms with Crippen LogP contribution in [-0.2, 0) is 15.3 Å². The number of alkyl halides is 3. The van der Waals surface area contributed by atoms with Crippen LogP contribution < -0.4 is 14.4 Å². The van der Waals surface area contributed by atoms with Crippen molar-refractivity contribution in [3.05, 3.63) is 71.6 Å². The molecule has 3 aliphatic rings. The Balaban J connectivity index is 1.38. The second kappa shape index (κ2) is 10.4. The van der Waals surface area contributed by atoms with Gasteiger partial charge in [-0.2, -0.15) is 0 Å². The van der Waals surface area contributed by atoms with E-state index in [-0.39, 0.29) is 5.75 Å². The molecule has 11 heteroatoms. The van der Waals surface area contributed by atoms with E-state index in [1.807, 2.05) is 35.3 Å². The number of ether oxygens (including phenoxy) is 3. The van der Waals surface area contributed by atoms with E-state index in [1.54, 1.807) is 27.2 Å². The van der Waals surface area contributed by atoms with Crippen molar-refractivity contribution in [1.82, 2.24) is 9.80 Å². The maximum absolute atomic E-state index is 12.8. The Morgan fingerprint density at radius 1 is 1.15 bits per heavy atom. The first-order chi connectivity index (χ1) is 18.6. The predicted octanol–water partition coefficient (Wildman–Crippen LogP) is 5.49. The van der Waals surface area contributed by atoms with Crippen molar-refractivity contribution in [3.8, 4) is 11.5 Å². The normalized spacial score (nSPS) is 22.1. The van der Waals surface area contributed by atoms with Gasteiger partial charge in [0.05, 0.1) is 19.3 Å². The van der Waals surface area contributed by atoms with Crippen molar-refractivity contribution >= 4 is 17.6 Å². The molecule has 0 radical (unpaired) electrons. The third kappa shape index (κ3) is 5.49. The first-order valence-corrected chi connectivity index (χ1v) is 12.6. The number of halogens is 3. The maximum atomic E-state index is 12.8. The third-order valence-electron chi connectivity index (χ3n) is 7.04. The van der Waals surface area contributed by atoms with Crippen molar-refractivity contribution in [1.29, 1.82) is 0 Å². The number of benzene rings is 2. The number of nitrogens with zero attached hydrogens (tertiary/aromatic N) is 4. The Hall–Kier alpha value is -3.86. The number of allylic oxidation sites excluding steroid dienone is 1. The molecule has 5 rings (SSSR count). The molecule has 1 fully saturated rings. The van der Waals surface area contributed by atoms with E-state index in [1.165, 1.54) is 23.9 Å². The molecule has 8 nitrogen and oxygen atoms in total. The number of hydrogen-bond acceptors (Lipinski definition) is 8. The minimum Gasteiger partial charge on any atom is -0.495 e. The van der Waals surface area contributed by atoms with E-state index in [2.05, 4.69) is 32.8 Å². The standard InChI is InChI=1S/C28H31F3N4O4/c1-19-17-34(26-18-33(19)26)23-11-9-20(15-24(23)37-4)10-12-25-32-39-27(2,35(25)13-6-14-36-3)21-7-5-8-22(16-21)38-28(29,30)31/h5,7-12,15-17,26H,6,13-14,18H2,1-4H3/b12-10+. The number of fused-ring (bicyclic) bond motifs is 1. The molecular formula is C28H31F3N4O4. The Labute approximate surface area is 225 Å². The molecule has 3 heterocycles. The number of anilines is 1. The first kappa shape index (κ1) is 26.7. The minimum absolute atomic E-state index is 0.324. The fourth-order valence-electron chi connectivity index (χ4n) is 4.98. The van der Waals surface area contributed by atoms with E-state index in [0.29, 0.717) is 37.1 Å². The molecule has 0 saturated carbocycles. The minimum atomic E-state index is -4.79. The number of oxime groups is 1. The Kier molecular flexibility index (Phi) is 7.11. The van der Waals surface area contributed by atoms with Crippen molar-refractivity contribution in [2.24, 2.45) is 5.16 Å². The fourth-order valence-corrected chi connectivity index (χ4v) is 4.98. The lowest BCUT2D eigenvalue weighted by Crippen LogP contribution is -2.44. The van der Waals surface area contributed by atoms with Gasteiger partial charge in [0.15, 0.2) is 5.84 Å². The molecule has 0 amide bonds. The van der Waals surface area contributed by atoms with E-state index in [4.69, 9.17) is 14.3 Å². The van der Waals surface area contributed by atoms with Crippen molar-refractivity contribution in [3.63, 3.8) is 0 Å². The third-order valence-corrected chi connectivity index (χ3v) is 7.04. The van der Waals surface area contributed by atoms with Crippen molar-refractivity contribution < 1.29 is 32.2 Å². The zero-order valence-electron chi connectivity index (χ0n) is 22.2. The highest BCUT2D eigenvalue weighted by molar-refractivity contribution is 5.97. The van der Waals surface area contributed by atoms with E-state index >= 15 is 0 Å². The quantitative estimate of drug-likeness (QED) is 0.290. The molecule has 208 valence electrons. The summed E-state index contributed by atoms with van der Waals surface area (Å²) in [6, 6.07) is 11.8. The monoisotopic (exact) mass is 544 g/mol. The van der Waals surface area contributed by atoms with Crippen LogP contribution in [0.4, 0.5) is 18.9 Å². The molecule has 0 aromatic heterocycles. The summed E-state index contributed by atoms with van der Waals surface area (Å²) in [5.74, 6) is 0.962. The summed E-state index contributed by atoms with van der Waals surface area (Å²) in [5, 5.41) is 4.29. The average Bonchev–Trinajstić information content (AvgIpc) is 3.55. The van der Waals surface area contributed by atoms with Crippen LogP contribution in [0, 0.1) is 0 Å². The summed E-state index contributed by atoms with van der Waals surface area (Å²) in [7, 11) is 3.27. The number of amidine groups is 1. The summed E-state index contributed by atoms with van der Waals surface area (Å²) in [6.07, 6.45) is 2.07. The predicted molar refractivity (Wildman–Crippen MR) is 141 cm³/mol. The molecule has 0 N–H and O–H groups in total. The van der Waals surface area contributed by atoms with Crippen LogP contribution >= 0.6 is 0 Å². The highest BCUT2D eigenvalue weighted by Gasteiger charge is 2.45. The van der Waals surface area contributed by atoms with Crippen molar-refractivity contribution in [2.75, 3.05) is 38.8 Å². The van der Waals surface area contributed by atoms with Gasteiger partial charge in [-0.3, -0.25) is 0 Å². The largest absolute Gasteiger partial charge is 0.573 e. The molecule has 0 bridgehead atoms. The average molecular weight is 545 g/mol. The van der Waals surface area contributed by atoms with Gasteiger partial charge in [0, 0.05) is 44.6 Å². The lowest BCUT2D eigenvalue weighted by atomic mass is 10.0. The summed E-state index contributed by atoms with van der Waals surface area (Å²) in [6.45, 7) is 5.87. The highest BCUT2D eigenvalue weighted by atomic mass is 19.4. The summed E-state index contributed by atoms with van der Waals surface area (Å²) >= 11 is 0. The van der Waals surface area contributed by atoms with Crippen LogP contribution in [0.3, 0.4) is 0 Å². The highest BCUT2D eigenvalue weighted by Crippen LogP contribution is 2.42. The van der Waals surface area contributed by atoms with Crippen LogP contribution in [-0.4, -0.2) is 62.1 Å². The number of methoxy groups -OCH3 is 2. The molecule has 2 aromatic carbocycles. The smallest absolute Gasteiger partial charge is 0.495 e. The number of hydrogen-bond donors (Lipinski definition) is 0. The van der Waals surface area contributed by atoms with E-state index < -0.39 is 12.1 Å². The summed E-state index contributed by atoms with van der Waals surface area (Å²) in [4.78, 5) is 12.3. The van der Waals surface area contributed by atoms with Crippen LogP contribution in [0.5, 0.6) is 11.5 Å². The molecule has 1 saturated heterocycles. The van der Waals surface area contributed by atoms with Crippen LogP contribution in [0.1, 0.15) is 31.4 Å². The topological polar surface area (TPSA) is 58.8 Å². The van der Waals surface area contributed by atoms with Gasteiger partial charge < -0.3 is 33.7 Å². The Bertz CT molecular complexity index is 1310. The van der Waals surface area contributed by atoms with Crippen LogP contribution in [0.25, 0.3) is 6.08 Å². The summed E-state index contributed by atoms with van der Waals surface area (Å²) < 4.78 is 53.5. The lowest BCUT2D eigenvalue weighted by molar-refractivity contribution is -0.274. The number of rotatable bonds is 10. The van der Waals surface area contributed by atoms with Crippen molar-refractivity contribution in [2.45, 2.75) is 38.5 Å². The molecule has 3 aliphatic heterocycles. The van der Waals surface area contributed by atoms with Crippen LogP contribution in [0.15, 0.2) is 65.6 Å². The Morgan fingerprint density at radius 2 is 1.97 bits per heavy atom. The molecule has 2 unspecified atom stereocenters. The zero-order chi connectivity index (χ0) is 27.8. The van der Waals surface area contributed by atoms with Crippen LogP contribution in [0.2, 0.25) is 0 Å². The lowest BCUT2D eigenvalue weighted by Gasteiger charge is -2.34. The van der Waals surface area contributed by atoms with Gasteiger partial charge in [-0.15, -0.1) is 13.2 Å². The molecule has 2 atom stereocenters. The molecule has 0 spiro atoms. The SMILES string of the molecule is COCCCN1C(/C=C/c2ccc(N3C=C(C)N4CC43)c(OC)c2)=NOC1(C)c1cccc(OC(F)(F)F)c1. The van der Waals surface area contributed by atoms with Gasteiger partial charge in [-0.1, -0.05) is 29.4 Å². The maximum Gasteiger partial charge on any atom is 0.573 e. The second-order valence-electron chi connectivity index (χ2n) is 9.67. The van der Waals surface area contributed by atoms with E-state index in [9.17, 15) is 13.2 Å². The van der Waals surface area contributed by atoms with Gasteiger partial charge >= 0.3 is 6.36 Å². The molecular weight excluding hydrogens is 513 g/mol. The molecule has 2 aromatic rings.